The highest BCUT2D eigenvalue weighted by Gasteiger charge is 2.24. The van der Waals surface area contributed by atoms with Crippen molar-refractivity contribution >= 4 is 63.7 Å². The van der Waals surface area contributed by atoms with Gasteiger partial charge in [0.05, 0.1) is 23.4 Å². The molecule has 0 aliphatic carbocycles. The predicted octanol–water partition coefficient (Wildman–Crippen LogP) is 8.17. The number of ether oxygens (including phenoxy) is 4. The van der Waals surface area contributed by atoms with E-state index in [1.165, 1.54) is 11.3 Å². The Morgan fingerprint density at radius 3 is 2.51 bits per heavy atom. The monoisotopic (exact) mass is 748 g/mol. The van der Waals surface area contributed by atoms with Gasteiger partial charge in [-0.25, -0.2) is 9.78 Å². The number of rotatable bonds is 19. The summed E-state index contributed by atoms with van der Waals surface area (Å²) >= 11 is 3.06. The maximum Gasteiger partial charge on any atom is 0.358 e. The smallest absolute Gasteiger partial charge is 0.358 e. The molecule has 14 heteroatoms. The third-order valence-corrected chi connectivity index (χ3v) is 11.8. The van der Waals surface area contributed by atoms with Gasteiger partial charge in [-0.2, -0.15) is 4.99 Å². The van der Waals surface area contributed by atoms with Crippen LogP contribution < -0.4 is 14.4 Å². The van der Waals surface area contributed by atoms with Crippen LogP contribution in [-0.4, -0.2) is 73.9 Å². The van der Waals surface area contributed by atoms with Gasteiger partial charge in [-0.15, -0.1) is 21.5 Å². The van der Waals surface area contributed by atoms with Gasteiger partial charge >= 0.3 is 5.97 Å². The number of hydrogen-bond acceptors (Lipinski definition) is 12. The van der Waals surface area contributed by atoms with Gasteiger partial charge in [-0.1, -0.05) is 61.3 Å². The zero-order chi connectivity index (χ0) is 36.2. The van der Waals surface area contributed by atoms with E-state index in [2.05, 4.69) is 46.5 Å². The van der Waals surface area contributed by atoms with Crippen molar-refractivity contribution in [2.24, 2.45) is 4.99 Å². The van der Waals surface area contributed by atoms with E-state index in [1.54, 1.807) is 25.4 Å². The van der Waals surface area contributed by atoms with Crippen molar-refractivity contribution in [3.8, 4) is 5.75 Å². The highest BCUT2D eigenvalue weighted by molar-refractivity contribution is 7.16. The molecule has 0 spiro atoms. The van der Waals surface area contributed by atoms with Crippen LogP contribution in [0.5, 0.6) is 5.75 Å². The van der Waals surface area contributed by atoms with E-state index in [0.717, 1.165) is 50.3 Å². The number of methoxy groups -OCH3 is 1. The van der Waals surface area contributed by atoms with Crippen molar-refractivity contribution in [2.75, 3.05) is 45.0 Å². The van der Waals surface area contributed by atoms with Crippen LogP contribution in [0.3, 0.4) is 0 Å². The van der Waals surface area contributed by atoms with E-state index >= 15 is 0 Å². The highest BCUT2D eigenvalue weighted by atomic mass is 32.1. The first-order chi connectivity index (χ1) is 24.7. The molecule has 0 saturated heterocycles. The van der Waals surface area contributed by atoms with Crippen molar-refractivity contribution < 1.29 is 23.7 Å². The van der Waals surface area contributed by atoms with Gasteiger partial charge in [0.1, 0.15) is 12.5 Å². The standard InChI is InChI=1S/C37H48N6O5S2Si/c1-7-47-35(44)33-31(19-13-22-48-28-15-9-8-10-16-28)50-36(38-33)42(20-14-21-45-3)32-25-27(2)34(41-40-32)39-37-43(26-46-23-24-51(4,5)6)29-17-11-12-18-30(29)49-37/h8-12,15-18,25H,7,13-14,19-24,26H2,1-6H3. The molecule has 0 unspecified atom stereocenters. The number of hydrogen-bond donors (Lipinski definition) is 0. The molecule has 3 aromatic heterocycles. The molecule has 0 aliphatic rings. The second-order valence-corrected chi connectivity index (χ2v) is 20.9. The summed E-state index contributed by atoms with van der Waals surface area (Å²) in [6, 6.07) is 21.0. The summed E-state index contributed by atoms with van der Waals surface area (Å²) in [5.41, 5.74) is 2.26. The lowest BCUT2D eigenvalue weighted by Gasteiger charge is -2.20. The summed E-state index contributed by atoms with van der Waals surface area (Å²) in [4.78, 5) is 26.5. The average Bonchev–Trinajstić information content (AvgIpc) is 3.69. The van der Waals surface area contributed by atoms with E-state index in [1.807, 2.05) is 60.4 Å². The Kier molecular flexibility index (Phi) is 13.9. The number of nitrogens with zero attached hydrogens (tertiary/aromatic N) is 6. The molecule has 0 bridgehead atoms. The zero-order valence-electron chi connectivity index (χ0n) is 30.4. The molecule has 2 aromatic carbocycles. The first-order valence-corrected chi connectivity index (χ1v) is 22.7. The molecule has 0 aliphatic heterocycles. The third-order valence-electron chi connectivity index (χ3n) is 7.90. The number of benzene rings is 2. The second-order valence-electron chi connectivity index (χ2n) is 13.2. The minimum absolute atomic E-state index is 0.264. The van der Waals surface area contributed by atoms with Crippen molar-refractivity contribution in [3.05, 3.63) is 81.6 Å². The Hall–Kier alpha value is -3.95. The predicted molar refractivity (Wildman–Crippen MR) is 208 cm³/mol. The van der Waals surface area contributed by atoms with Crippen molar-refractivity contribution in [2.45, 2.75) is 65.5 Å². The minimum atomic E-state index is -1.21. The molecule has 272 valence electrons. The van der Waals surface area contributed by atoms with Crippen molar-refractivity contribution in [3.63, 3.8) is 0 Å². The number of aryl methyl sites for hydroxylation is 2. The van der Waals surface area contributed by atoms with Crippen LogP contribution in [0.15, 0.2) is 65.7 Å². The fourth-order valence-corrected chi connectivity index (χ4v) is 8.06. The zero-order valence-corrected chi connectivity index (χ0v) is 33.0. The Morgan fingerprint density at radius 1 is 0.980 bits per heavy atom. The molecule has 0 saturated carbocycles. The summed E-state index contributed by atoms with van der Waals surface area (Å²) in [7, 11) is 0.468. The summed E-state index contributed by atoms with van der Waals surface area (Å²) in [5.74, 6) is 1.52. The number of thiazole rings is 2. The number of fused-ring (bicyclic) bond motifs is 1. The van der Waals surface area contributed by atoms with Crippen LogP contribution in [-0.2, 0) is 27.4 Å². The normalized spacial score (nSPS) is 12.1. The Balaban J connectivity index is 1.42. The Morgan fingerprint density at radius 2 is 1.76 bits per heavy atom. The molecular formula is C37H48N6O5S2Si. The first kappa shape index (κ1) is 38.3. The molecular weight excluding hydrogens is 701 g/mol. The van der Waals surface area contributed by atoms with Crippen LogP contribution in [0, 0.1) is 6.92 Å². The molecule has 0 amide bonds. The fraction of sp³-hybridized carbons (Fsp3) is 0.432. The average molecular weight is 749 g/mol. The van der Waals surface area contributed by atoms with Crippen LogP contribution in [0.25, 0.3) is 10.2 Å². The highest BCUT2D eigenvalue weighted by Crippen LogP contribution is 2.33. The van der Waals surface area contributed by atoms with Gasteiger partial charge < -0.3 is 23.8 Å². The molecule has 51 heavy (non-hydrogen) atoms. The number of carbonyl (C=O) groups is 1. The fourth-order valence-electron chi connectivity index (χ4n) is 5.16. The van der Waals surface area contributed by atoms with Crippen LogP contribution in [0.1, 0.15) is 40.7 Å². The van der Waals surface area contributed by atoms with E-state index in [4.69, 9.17) is 28.9 Å². The molecule has 0 fully saturated rings. The molecule has 0 radical (unpaired) electrons. The SMILES string of the molecule is CCOC(=O)c1nc(N(CCCOC)c2cc(C)c(N=c3sc4ccccc4n3COCC[Si](C)(C)C)nn2)sc1CCCOc1ccccc1. The van der Waals surface area contributed by atoms with E-state index in [0.29, 0.717) is 61.8 Å². The van der Waals surface area contributed by atoms with Crippen molar-refractivity contribution in [1.29, 1.82) is 0 Å². The molecule has 11 nitrogen and oxygen atoms in total. The summed E-state index contributed by atoms with van der Waals surface area (Å²) < 4.78 is 26.1. The van der Waals surface area contributed by atoms with Crippen LogP contribution in [0.2, 0.25) is 25.7 Å². The number of anilines is 2. The lowest BCUT2D eigenvalue weighted by atomic mass is 10.2. The lowest BCUT2D eigenvalue weighted by molar-refractivity contribution is 0.0519. The first-order valence-electron chi connectivity index (χ1n) is 17.3. The van der Waals surface area contributed by atoms with E-state index < -0.39 is 14.0 Å². The quantitative estimate of drug-likeness (QED) is 0.0469. The molecule has 0 atom stereocenters. The number of esters is 1. The third kappa shape index (κ3) is 10.8. The summed E-state index contributed by atoms with van der Waals surface area (Å²) in [5, 5.41) is 9.90. The molecule has 3 heterocycles. The Bertz CT molecular complexity index is 1940. The number of aromatic nitrogens is 4. The van der Waals surface area contributed by atoms with Gasteiger partial charge in [-0.05, 0) is 75.0 Å². The number of carbonyl (C=O) groups excluding carboxylic acids is 1. The van der Waals surface area contributed by atoms with Crippen LogP contribution in [0.4, 0.5) is 16.8 Å². The van der Waals surface area contributed by atoms with Gasteiger partial charge in [0, 0.05) is 39.8 Å². The lowest BCUT2D eigenvalue weighted by Crippen LogP contribution is -2.23. The van der Waals surface area contributed by atoms with Crippen molar-refractivity contribution in [1.82, 2.24) is 19.7 Å². The molecule has 5 aromatic rings. The summed E-state index contributed by atoms with van der Waals surface area (Å²) in [6.45, 7) is 13.9. The van der Waals surface area contributed by atoms with Gasteiger partial charge in [0.25, 0.3) is 0 Å². The second kappa shape index (κ2) is 18.5. The largest absolute Gasteiger partial charge is 0.494 e. The molecule has 0 N–H and O–H groups in total. The topological polar surface area (TPSA) is 113 Å². The maximum absolute atomic E-state index is 13.0. The van der Waals surface area contributed by atoms with E-state index in [9.17, 15) is 4.79 Å². The maximum atomic E-state index is 13.0. The number of para-hydroxylation sites is 2. The van der Waals surface area contributed by atoms with E-state index in [-0.39, 0.29) is 6.61 Å². The van der Waals surface area contributed by atoms with Crippen LogP contribution >= 0.6 is 22.7 Å². The van der Waals surface area contributed by atoms with Gasteiger partial charge in [0.15, 0.2) is 27.3 Å². The summed E-state index contributed by atoms with van der Waals surface area (Å²) in [6.07, 6.45) is 2.05. The Labute approximate surface area is 308 Å². The molecule has 5 rings (SSSR count). The minimum Gasteiger partial charge on any atom is -0.494 e. The van der Waals surface area contributed by atoms with Gasteiger partial charge in [0.2, 0.25) is 0 Å². The van der Waals surface area contributed by atoms with Gasteiger partial charge in [-0.3, -0.25) is 4.57 Å².